The molecule has 0 aliphatic rings. The number of hydrogen-bond donors (Lipinski definition) is 2. The number of carbonyl (C=O) groups is 2. The van der Waals surface area contributed by atoms with E-state index in [0.29, 0.717) is 10.8 Å². The van der Waals surface area contributed by atoms with Crippen LogP contribution in [0.1, 0.15) is 11.1 Å². The molecule has 2 rings (SSSR count). The minimum absolute atomic E-state index is 0.0500. The monoisotopic (exact) mass is 380 g/mol. The molecule has 0 saturated carbocycles. The Morgan fingerprint density at radius 1 is 1.00 bits per heavy atom. The van der Waals surface area contributed by atoms with Crippen molar-refractivity contribution in [1.82, 2.24) is 10.9 Å². The number of para-hydroxylation sites is 1. The molecule has 2 amide bonds. The molecule has 0 fully saturated rings. The highest BCUT2D eigenvalue weighted by atomic mass is 35.5. The number of benzene rings is 2. The van der Waals surface area contributed by atoms with E-state index >= 15 is 0 Å². The predicted molar refractivity (Wildman–Crippen MR) is 94.6 cm³/mol. The standard InChI is InChI=1S/C18H18ClFN2O4/c1-11-7-13(19)8-12(2)18(11)26-10-17(24)22-21-16(23)9-25-15-6-4-3-5-14(15)20/h3-8H,9-10H2,1-2H3,(H,21,23)(H,22,24). The summed E-state index contributed by atoms with van der Waals surface area (Å²) in [6.45, 7) is 2.89. The normalized spacial score (nSPS) is 10.2. The van der Waals surface area contributed by atoms with Gasteiger partial charge in [-0.25, -0.2) is 4.39 Å². The number of aryl methyl sites for hydroxylation is 2. The number of ether oxygens (including phenoxy) is 2. The zero-order valence-electron chi connectivity index (χ0n) is 14.3. The molecule has 0 aromatic heterocycles. The quantitative estimate of drug-likeness (QED) is 0.755. The Morgan fingerprint density at radius 2 is 1.54 bits per heavy atom. The molecule has 6 nitrogen and oxygen atoms in total. The number of amides is 2. The van der Waals surface area contributed by atoms with Crippen molar-refractivity contribution in [3.05, 3.63) is 58.4 Å². The highest BCUT2D eigenvalue weighted by molar-refractivity contribution is 6.30. The van der Waals surface area contributed by atoms with E-state index in [9.17, 15) is 14.0 Å². The van der Waals surface area contributed by atoms with Gasteiger partial charge in [0.15, 0.2) is 24.8 Å². The lowest BCUT2D eigenvalue weighted by molar-refractivity contribution is -0.131. The van der Waals surface area contributed by atoms with E-state index in [1.165, 1.54) is 18.2 Å². The van der Waals surface area contributed by atoms with E-state index in [-0.39, 0.29) is 12.4 Å². The van der Waals surface area contributed by atoms with Crippen LogP contribution in [0.25, 0.3) is 0 Å². The van der Waals surface area contributed by atoms with Crippen molar-refractivity contribution in [3.63, 3.8) is 0 Å². The van der Waals surface area contributed by atoms with Crippen LogP contribution in [0.5, 0.6) is 11.5 Å². The summed E-state index contributed by atoms with van der Waals surface area (Å²) in [6.07, 6.45) is 0. The van der Waals surface area contributed by atoms with Crippen LogP contribution in [0.4, 0.5) is 4.39 Å². The Morgan fingerprint density at radius 3 is 2.12 bits per heavy atom. The van der Waals surface area contributed by atoms with Gasteiger partial charge >= 0.3 is 0 Å². The molecule has 0 unspecified atom stereocenters. The molecule has 0 spiro atoms. The SMILES string of the molecule is Cc1cc(Cl)cc(C)c1OCC(=O)NNC(=O)COc1ccccc1F. The second kappa shape index (κ2) is 9.05. The molecule has 0 atom stereocenters. The van der Waals surface area contributed by atoms with Gasteiger partial charge in [0.2, 0.25) is 0 Å². The van der Waals surface area contributed by atoms with E-state index in [0.717, 1.165) is 11.1 Å². The van der Waals surface area contributed by atoms with E-state index in [2.05, 4.69) is 10.9 Å². The molecular weight excluding hydrogens is 363 g/mol. The number of rotatable bonds is 6. The molecule has 2 aromatic rings. The van der Waals surface area contributed by atoms with Crippen molar-refractivity contribution < 1.29 is 23.5 Å². The number of hydrogen-bond acceptors (Lipinski definition) is 4. The van der Waals surface area contributed by atoms with Crippen molar-refractivity contribution in [2.24, 2.45) is 0 Å². The average Bonchev–Trinajstić information content (AvgIpc) is 2.58. The second-order valence-corrected chi connectivity index (χ2v) is 5.91. The second-order valence-electron chi connectivity index (χ2n) is 5.47. The van der Waals surface area contributed by atoms with Crippen molar-refractivity contribution in [2.45, 2.75) is 13.8 Å². The minimum Gasteiger partial charge on any atom is -0.483 e. The Labute approximate surface area is 155 Å². The summed E-state index contributed by atoms with van der Waals surface area (Å²) < 4.78 is 23.8. The van der Waals surface area contributed by atoms with E-state index in [4.69, 9.17) is 21.1 Å². The fourth-order valence-corrected chi connectivity index (χ4v) is 2.51. The van der Waals surface area contributed by atoms with Crippen LogP contribution in [0, 0.1) is 19.7 Å². The molecule has 0 heterocycles. The maximum atomic E-state index is 13.4. The third-order valence-electron chi connectivity index (χ3n) is 3.31. The molecule has 2 aromatic carbocycles. The fourth-order valence-electron chi connectivity index (χ4n) is 2.18. The summed E-state index contributed by atoms with van der Waals surface area (Å²) in [5, 5.41) is 0.582. The first-order valence-electron chi connectivity index (χ1n) is 7.71. The highest BCUT2D eigenvalue weighted by Gasteiger charge is 2.10. The number of halogens is 2. The molecule has 8 heteroatoms. The Bertz CT molecular complexity index is 791. The van der Waals surface area contributed by atoms with Gasteiger partial charge in [0.25, 0.3) is 11.8 Å². The maximum absolute atomic E-state index is 13.4. The smallest absolute Gasteiger partial charge is 0.276 e. The third kappa shape index (κ3) is 5.63. The van der Waals surface area contributed by atoms with E-state index in [1.807, 2.05) is 13.8 Å². The molecule has 0 saturated heterocycles. The van der Waals surface area contributed by atoms with Gasteiger partial charge in [-0.15, -0.1) is 0 Å². The van der Waals surface area contributed by atoms with Crippen molar-refractivity contribution in [3.8, 4) is 11.5 Å². The van der Waals surface area contributed by atoms with Gasteiger partial charge in [0.1, 0.15) is 5.75 Å². The van der Waals surface area contributed by atoms with Gasteiger partial charge in [-0.05, 0) is 49.2 Å². The predicted octanol–water partition coefficient (Wildman–Crippen LogP) is 2.70. The maximum Gasteiger partial charge on any atom is 0.276 e. The van der Waals surface area contributed by atoms with Gasteiger partial charge < -0.3 is 9.47 Å². The molecule has 0 aliphatic carbocycles. The summed E-state index contributed by atoms with van der Waals surface area (Å²) in [5.41, 5.74) is 5.94. The first kappa shape index (κ1) is 19.5. The Kier molecular flexibility index (Phi) is 6.80. The zero-order chi connectivity index (χ0) is 19.1. The molecular formula is C18H18ClFN2O4. The lowest BCUT2D eigenvalue weighted by Gasteiger charge is -2.13. The summed E-state index contributed by atoms with van der Waals surface area (Å²) in [5.74, 6) is -1.27. The van der Waals surface area contributed by atoms with Crippen LogP contribution < -0.4 is 20.3 Å². The number of nitrogens with one attached hydrogen (secondary N) is 2. The number of hydrazine groups is 1. The summed E-state index contributed by atoms with van der Waals surface area (Å²) in [7, 11) is 0. The molecule has 2 N–H and O–H groups in total. The molecule has 138 valence electrons. The van der Waals surface area contributed by atoms with Gasteiger partial charge in [0, 0.05) is 5.02 Å². The molecule has 0 radical (unpaired) electrons. The lowest BCUT2D eigenvalue weighted by atomic mass is 10.1. The van der Waals surface area contributed by atoms with Crippen LogP contribution in [-0.4, -0.2) is 25.0 Å². The van der Waals surface area contributed by atoms with Crippen LogP contribution in [0.15, 0.2) is 36.4 Å². The van der Waals surface area contributed by atoms with Crippen LogP contribution in [0.2, 0.25) is 5.02 Å². The first-order chi connectivity index (χ1) is 12.4. The summed E-state index contributed by atoms with van der Waals surface area (Å²) in [6, 6.07) is 9.15. The van der Waals surface area contributed by atoms with Crippen molar-refractivity contribution in [1.29, 1.82) is 0 Å². The third-order valence-corrected chi connectivity index (χ3v) is 3.53. The largest absolute Gasteiger partial charge is 0.483 e. The summed E-state index contributed by atoms with van der Waals surface area (Å²) in [4.78, 5) is 23.4. The minimum atomic E-state index is -0.638. The first-order valence-corrected chi connectivity index (χ1v) is 8.09. The number of carbonyl (C=O) groups excluding carboxylic acids is 2. The Balaban J connectivity index is 1.75. The van der Waals surface area contributed by atoms with Gasteiger partial charge in [0.05, 0.1) is 0 Å². The van der Waals surface area contributed by atoms with Gasteiger partial charge in [-0.1, -0.05) is 23.7 Å². The Hall–Kier alpha value is -2.80. The van der Waals surface area contributed by atoms with Crippen LogP contribution in [0.3, 0.4) is 0 Å². The van der Waals surface area contributed by atoms with Gasteiger partial charge in [-0.2, -0.15) is 0 Å². The van der Waals surface area contributed by atoms with Crippen LogP contribution in [-0.2, 0) is 9.59 Å². The van der Waals surface area contributed by atoms with E-state index < -0.39 is 24.2 Å². The molecule has 26 heavy (non-hydrogen) atoms. The van der Waals surface area contributed by atoms with Crippen LogP contribution >= 0.6 is 11.6 Å². The lowest BCUT2D eigenvalue weighted by Crippen LogP contribution is -2.45. The van der Waals surface area contributed by atoms with E-state index in [1.54, 1.807) is 18.2 Å². The average molecular weight is 381 g/mol. The highest BCUT2D eigenvalue weighted by Crippen LogP contribution is 2.26. The van der Waals surface area contributed by atoms with Crippen molar-refractivity contribution in [2.75, 3.05) is 13.2 Å². The molecule has 0 aliphatic heterocycles. The summed E-state index contributed by atoms with van der Waals surface area (Å²) >= 11 is 5.94. The molecule has 0 bridgehead atoms. The zero-order valence-corrected chi connectivity index (χ0v) is 15.0. The topological polar surface area (TPSA) is 76.7 Å². The van der Waals surface area contributed by atoms with Crippen molar-refractivity contribution >= 4 is 23.4 Å². The fraction of sp³-hybridized carbons (Fsp3) is 0.222. The van der Waals surface area contributed by atoms with Gasteiger partial charge in [-0.3, -0.25) is 20.4 Å².